The molecule has 0 amide bonds. The van der Waals surface area contributed by atoms with E-state index in [-0.39, 0.29) is 17.0 Å². The maximum atomic E-state index is 12.4. The third kappa shape index (κ3) is 3.64. The van der Waals surface area contributed by atoms with Gasteiger partial charge in [-0.25, -0.2) is 9.67 Å². The Morgan fingerprint density at radius 1 is 1.15 bits per heavy atom. The zero-order valence-corrected chi connectivity index (χ0v) is 16.1. The third-order valence-corrected chi connectivity index (χ3v) is 5.20. The second kappa shape index (κ2) is 6.88. The SMILES string of the molecule is CC(C)(C)c1nc2c(nnn2C2CCN(Cc3ccccc3)CC2)c(=O)[nH]1. The van der Waals surface area contributed by atoms with E-state index in [1.165, 1.54) is 5.56 Å². The molecule has 2 aromatic heterocycles. The van der Waals surface area contributed by atoms with Gasteiger partial charge in [0.05, 0.1) is 6.04 Å². The molecule has 0 spiro atoms. The van der Waals surface area contributed by atoms with Crippen LogP contribution < -0.4 is 5.56 Å². The lowest BCUT2D eigenvalue weighted by Gasteiger charge is -2.31. The molecular formula is C20H26N6O. The number of fused-ring (bicyclic) bond motifs is 1. The van der Waals surface area contributed by atoms with Crippen LogP contribution in [0.4, 0.5) is 0 Å². The standard InChI is InChI=1S/C20H26N6O/c1-20(2,3)19-21-17-16(18(27)22-19)23-24-26(17)15-9-11-25(12-10-15)13-14-7-5-4-6-8-14/h4-8,15H,9-13H2,1-3H3,(H,21,22,27). The number of likely N-dealkylation sites (tertiary alicyclic amines) is 1. The summed E-state index contributed by atoms with van der Waals surface area (Å²) >= 11 is 0. The van der Waals surface area contributed by atoms with Crippen molar-refractivity contribution in [3.05, 3.63) is 52.1 Å². The Balaban J connectivity index is 1.54. The first kappa shape index (κ1) is 17.9. The monoisotopic (exact) mass is 366 g/mol. The minimum absolute atomic E-state index is 0.210. The van der Waals surface area contributed by atoms with Crippen LogP contribution >= 0.6 is 0 Å². The van der Waals surface area contributed by atoms with Crippen molar-refractivity contribution in [3.8, 4) is 0 Å². The van der Waals surface area contributed by atoms with E-state index in [0.29, 0.717) is 17.0 Å². The summed E-state index contributed by atoms with van der Waals surface area (Å²) in [6, 6.07) is 10.8. The summed E-state index contributed by atoms with van der Waals surface area (Å²) in [5, 5.41) is 8.37. The molecule has 0 radical (unpaired) electrons. The quantitative estimate of drug-likeness (QED) is 0.771. The van der Waals surface area contributed by atoms with Crippen LogP contribution in [0.5, 0.6) is 0 Å². The van der Waals surface area contributed by atoms with Gasteiger partial charge in [-0.3, -0.25) is 9.69 Å². The van der Waals surface area contributed by atoms with Crippen molar-refractivity contribution >= 4 is 11.2 Å². The molecule has 142 valence electrons. The number of aromatic amines is 1. The van der Waals surface area contributed by atoms with Crippen molar-refractivity contribution in [2.24, 2.45) is 0 Å². The Labute approximate surface area is 158 Å². The van der Waals surface area contributed by atoms with E-state index >= 15 is 0 Å². The number of benzene rings is 1. The van der Waals surface area contributed by atoms with Crippen LogP contribution in [0.2, 0.25) is 0 Å². The summed E-state index contributed by atoms with van der Waals surface area (Å²) < 4.78 is 1.86. The molecule has 1 N–H and O–H groups in total. The molecule has 1 aliphatic rings. The minimum atomic E-state index is -0.235. The summed E-state index contributed by atoms with van der Waals surface area (Å²) in [6.45, 7) is 9.07. The Hall–Kier alpha value is -2.54. The van der Waals surface area contributed by atoms with Gasteiger partial charge in [0.15, 0.2) is 11.2 Å². The summed E-state index contributed by atoms with van der Waals surface area (Å²) in [5.74, 6) is 0.671. The van der Waals surface area contributed by atoms with E-state index in [2.05, 4.69) is 44.5 Å². The predicted octanol–water partition coefficient (Wildman–Crippen LogP) is 2.65. The normalized spacial score (nSPS) is 16.9. The fourth-order valence-corrected chi connectivity index (χ4v) is 3.61. The summed E-state index contributed by atoms with van der Waals surface area (Å²) in [6.07, 6.45) is 1.95. The van der Waals surface area contributed by atoms with Gasteiger partial charge in [-0.1, -0.05) is 56.3 Å². The van der Waals surface area contributed by atoms with E-state index in [0.717, 1.165) is 32.5 Å². The molecule has 0 atom stereocenters. The topological polar surface area (TPSA) is 79.7 Å². The molecule has 1 fully saturated rings. The summed E-state index contributed by atoms with van der Waals surface area (Å²) in [4.78, 5) is 22.4. The molecule has 1 saturated heterocycles. The number of rotatable bonds is 3. The maximum absolute atomic E-state index is 12.4. The van der Waals surface area contributed by atoms with Gasteiger partial charge < -0.3 is 4.98 Å². The average Bonchev–Trinajstić information content (AvgIpc) is 3.07. The highest BCUT2D eigenvalue weighted by molar-refractivity contribution is 5.68. The fraction of sp³-hybridized carbons (Fsp3) is 0.500. The largest absolute Gasteiger partial charge is 0.308 e. The van der Waals surface area contributed by atoms with Crippen molar-refractivity contribution in [3.63, 3.8) is 0 Å². The fourth-order valence-electron chi connectivity index (χ4n) is 3.61. The molecule has 0 unspecified atom stereocenters. The number of hydrogen-bond donors (Lipinski definition) is 1. The average molecular weight is 366 g/mol. The Bertz CT molecular complexity index is 977. The van der Waals surface area contributed by atoms with Crippen molar-refractivity contribution in [1.29, 1.82) is 0 Å². The highest BCUT2D eigenvalue weighted by Crippen LogP contribution is 2.26. The molecule has 1 aliphatic heterocycles. The van der Waals surface area contributed by atoms with Gasteiger partial charge in [-0.2, -0.15) is 0 Å². The second-order valence-corrected chi connectivity index (χ2v) is 8.36. The highest BCUT2D eigenvalue weighted by atomic mass is 16.1. The zero-order chi connectivity index (χ0) is 19.0. The number of nitrogens with one attached hydrogen (secondary N) is 1. The zero-order valence-electron chi connectivity index (χ0n) is 16.1. The first-order valence-corrected chi connectivity index (χ1v) is 9.54. The molecule has 7 nitrogen and oxygen atoms in total. The van der Waals surface area contributed by atoms with Gasteiger partial charge >= 0.3 is 0 Å². The third-order valence-electron chi connectivity index (χ3n) is 5.20. The van der Waals surface area contributed by atoms with Crippen LogP contribution in [0, 0.1) is 0 Å². The van der Waals surface area contributed by atoms with E-state index in [4.69, 9.17) is 4.98 Å². The lowest BCUT2D eigenvalue weighted by Crippen LogP contribution is -2.34. The van der Waals surface area contributed by atoms with Gasteiger partial charge in [0.2, 0.25) is 0 Å². The Kier molecular flexibility index (Phi) is 4.55. The molecule has 1 aromatic carbocycles. The molecule has 3 aromatic rings. The van der Waals surface area contributed by atoms with E-state index < -0.39 is 0 Å². The molecular weight excluding hydrogens is 340 g/mol. The van der Waals surface area contributed by atoms with Crippen LogP contribution in [-0.2, 0) is 12.0 Å². The van der Waals surface area contributed by atoms with Crippen molar-refractivity contribution in [2.45, 2.75) is 51.6 Å². The first-order chi connectivity index (χ1) is 12.9. The van der Waals surface area contributed by atoms with Gasteiger partial charge in [0.25, 0.3) is 5.56 Å². The molecule has 27 heavy (non-hydrogen) atoms. The van der Waals surface area contributed by atoms with E-state index in [1.807, 2.05) is 31.5 Å². The van der Waals surface area contributed by atoms with Crippen molar-refractivity contribution in [2.75, 3.05) is 13.1 Å². The van der Waals surface area contributed by atoms with E-state index in [1.54, 1.807) is 0 Å². The van der Waals surface area contributed by atoms with Gasteiger partial charge in [0, 0.05) is 25.0 Å². The van der Waals surface area contributed by atoms with Crippen LogP contribution in [0.1, 0.15) is 51.0 Å². The number of piperidine rings is 1. The van der Waals surface area contributed by atoms with Gasteiger partial charge in [0.1, 0.15) is 5.82 Å². The van der Waals surface area contributed by atoms with Crippen LogP contribution in [0.25, 0.3) is 11.2 Å². The lowest BCUT2D eigenvalue weighted by atomic mass is 9.96. The number of H-pyrrole nitrogens is 1. The summed E-state index contributed by atoms with van der Waals surface area (Å²) in [7, 11) is 0. The van der Waals surface area contributed by atoms with Gasteiger partial charge in [-0.05, 0) is 18.4 Å². The minimum Gasteiger partial charge on any atom is -0.308 e. The summed E-state index contributed by atoms with van der Waals surface area (Å²) in [5.41, 5.74) is 1.82. The molecule has 0 aliphatic carbocycles. The van der Waals surface area contributed by atoms with E-state index in [9.17, 15) is 4.79 Å². The second-order valence-electron chi connectivity index (χ2n) is 8.36. The smallest absolute Gasteiger partial charge is 0.281 e. The molecule has 0 bridgehead atoms. The molecule has 3 heterocycles. The first-order valence-electron chi connectivity index (χ1n) is 9.54. The van der Waals surface area contributed by atoms with Gasteiger partial charge in [-0.15, -0.1) is 5.10 Å². The van der Waals surface area contributed by atoms with Crippen LogP contribution in [0.3, 0.4) is 0 Å². The van der Waals surface area contributed by atoms with Crippen molar-refractivity contribution < 1.29 is 0 Å². The molecule has 7 heteroatoms. The number of aromatic nitrogens is 5. The molecule has 0 saturated carbocycles. The maximum Gasteiger partial charge on any atom is 0.281 e. The molecule has 4 rings (SSSR count). The number of nitrogens with zero attached hydrogens (tertiary/aromatic N) is 5. The van der Waals surface area contributed by atoms with Crippen molar-refractivity contribution in [1.82, 2.24) is 29.9 Å². The predicted molar refractivity (Wildman–Crippen MR) is 105 cm³/mol. The van der Waals surface area contributed by atoms with Crippen LogP contribution in [-0.4, -0.2) is 43.0 Å². The van der Waals surface area contributed by atoms with Crippen LogP contribution in [0.15, 0.2) is 35.1 Å². The Morgan fingerprint density at radius 2 is 1.85 bits per heavy atom. The Morgan fingerprint density at radius 3 is 2.52 bits per heavy atom. The highest BCUT2D eigenvalue weighted by Gasteiger charge is 2.26. The number of hydrogen-bond acceptors (Lipinski definition) is 5. The lowest BCUT2D eigenvalue weighted by molar-refractivity contribution is 0.174.